The van der Waals surface area contributed by atoms with Crippen molar-refractivity contribution >= 4 is 27.2 Å². The minimum Gasteiger partial charge on any atom is -0.268 e. The first-order chi connectivity index (χ1) is 7.68. The molecule has 4 heteroatoms. The smallest absolute Gasteiger partial charge is 0.266 e. The zero-order chi connectivity index (χ0) is 11.3. The molecule has 0 aliphatic carbocycles. The van der Waals surface area contributed by atoms with E-state index in [1.165, 1.54) is 0 Å². The van der Waals surface area contributed by atoms with Gasteiger partial charge in [-0.2, -0.15) is 0 Å². The Morgan fingerprint density at radius 1 is 1.25 bits per heavy atom. The van der Waals surface area contributed by atoms with E-state index in [2.05, 4.69) is 4.98 Å². The quantitative estimate of drug-likeness (QED) is 0.594. The Balaban J connectivity index is 2.67. The van der Waals surface area contributed by atoms with Crippen LogP contribution in [0, 0.1) is 13.8 Å². The Labute approximate surface area is 96.0 Å². The normalized spacial score (nSPS) is 11.4. The molecule has 80 valence electrons. The summed E-state index contributed by atoms with van der Waals surface area (Å²) in [5.41, 5.74) is 1.79. The second kappa shape index (κ2) is 3.15. The fourth-order valence-electron chi connectivity index (χ4n) is 1.84. The molecule has 3 aromatic rings. The molecular formula is C12H10N2OS. The van der Waals surface area contributed by atoms with Crippen molar-refractivity contribution in [3.63, 3.8) is 0 Å². The van der Waals surface area contributed by atoms with Crippen LogP contribution in [-0.4, -0.2) is 9.38 Å². The minimum atomic E-state index is 0.0300. The predicted octanol–water partition coefficient (Wildman–Crippen LogP) is 2.53. The number of hydrogen-bond acceptors (Lipinski definition) is 3. The van der Waals surface area contributed by atoms with Crippen molar-refractivity contribution in [1.82, 2.24) is 9.38 Å². The van der Waals surface area contributed by atoms with Gasteiger partial charge in [0.05, 0.1) is 10.9 Å². The summed E-state index contributed by atoms with van der Waals surface area (Å²) in [6, 6.07) is 7.47. The number of aromatic nitrogens is 2. The lowest BCUT2D eigenvalue weighted by atomic mass is 10.2. The van der Waals surface area contributed by atoms with Gasteiger partial charge in [-0.3, -0.25) is 9.20 Å². The van der Waals surface area contributed by atoms with Crippen LogP contribution in [0.2, 0.25) is 0 Å². The number of hydrogen-bond donors (Lipinski definition) is 0. The minimum absolute atomic E-state index is 0.0300. The highest BCUT2D eigenvalue weighted by Gasteiger charge is 2.10. The van der Waals surface area contributed by atoms with Crippen LogP contribution in [-0.2, 0) is 0 Å². The van der Waals surface area contributed by atoms with Crippen molar-refractivity contribution in [2.45, 2.75) is 13.8 Å². The largest absolute Gasteiger partial charge is 0.268 e. The Morgan fingerprint density at radius 2 is 2.00 bits per heavy atom. The summed E-state index contributed by atoms with van der Waals surface area (Å²) >= 11 is 1.56. The number of nitrogens with zero attached hydrogens (tertiary/aromatic N) is 2. The van der Waals surface area contributed by atoms with E-state index in [0.29, 0.717) is 5.39 Å². The lowest BCUT2D eigenvalue weighted by molar-refractivity contribution is 1.04. The molecule has 0 fully saturated rings. The van der Waals surface area contributed by atoms with Crippen LogP contribution >= 0.6 is 11.3 Å². The van der Waals surface area contributed by atoms with Crippen LogP contribution in [0.3, 0.4) is 0 Å². The molecule has 0 radical (unpaired) electrons. The van der Waals surface area contributed by atoms with Crippen molar-refractivity contribution in [3.8, 4) is 0 Å². The van der Waals surface area contributed by atoms with Gasteiger partial charge in [0.2, 0.25) is 0 Å². The fourth-order valence-corrected chi connectivity index (χ4v) is 2.81. The maximum atomic E-state index is 12.3. The molecule has 0 amide bonds. The van der Waals surface area contributed by atoms with E-state index in [-0.39, 0.29) is 5.56 Å². The van der Waals surface area contributed by atoms with Crippen molar-refractivity contribution < 1.29 is 0 Å². The van der Waals surface area contributed by atoms with Crippen molar-refractivity contribution in [1.29, 1.82) is 0 Å². The van der Waals surface area contributed by atoms with Gasteiger partial charge < -0.3 is 0 Å². The average molecular weight is 230 g/mol. The zero-order valence-electron chi connectivity index (χ0n) is 9.02. The summed E-state index contributed by atoms with van der Waals surface area (Å²) in [5, 5.41) is 0.681. The number of benzene rings is 1. The van der Waals surface area contributed by atoms with Gasteiger partial charge in [0.25, 0.3) is 5.56 Å². The van der Waals surface area contributed by atoms with Crippen molar-refractivity contribution in [3.05, 3.63) is 45.2 Å². The van der Waals surface area contributed by atoms with Crippen LogP contribution in [0.5, 0.6) is 0 Å². The highest BCUT2D eigenvalue weighted by Crippen LogP contribution is 2.20. The first kappa shape index (κ1) is 9.54. The van der Waals surface area contributed by atoms with E-state index in [0.717, 1.165) is 21.0 Å². The molecule has 2 aromatic heterocycles. The first-order valence-corrected chi connectivity index (χ1v) is 5.87. The van der Waals surface area contributed by atoms with Crippen LogP contribution in [0.1, 0.15) is 10.6 Å². The van der Waals surface area contributed by atoms with Gasteiger partial charge in [0, 0.05) is 10.6 Å². The summed E-state index contributed by atoms with van der Waals surface area (Å²) in [6.45, 7) is 3.97. The second-order valence-electron chi connectivity index (χ2n) is 3.80. The molecule has 3 rings (SSSR count). The number of thiazole rings is 1. The van der Waals surface area contributed by atoms with Crippen LogP contribution < -0.4 is 5.56 Å². The number of fused-ring (bicyclic) bond motifs is 2. The Bertz CT molecular complexity index is 755. The van der Waals surface area contributed by atoms with Gasteiger partial charge in [-0.1, -0.05) is 12.1 Å². The lowest BCUT2D eigenvalue weighted by Crippen LogP contribution is -2.14. The van der Waals surface area contributed by atoms with E-state index in [4.69, 9.17) is 0 Å². The molecule has 0 saturated heterocycles. The highest BCUT2D eigenvalue weighted by atomic mass is 32.1. The maximum Gasteiger partial charge on any atom is 0.266 e. The summed E-state index contributed by atoms with van der Waals surface area (Å²) < 4.78 is 1.70. The van der Waals surface area contributed by atoms with E-state index >= 15 is 0 Å². The van der Waals surface area contributed by atoms with Gasteiger partial charge >= 0.3 is 0 Å². The second-order valence-corrected chi connectivity index (χ2v) is 4.98. The van der Waals surface area contributed by atoms with E-state index in [1.54, 1.807) is 15.7 Å². The van der Waals surface area contributed by atoms with Gasteiger partial charge in [0.1, 0.15) is 0 Å². The molecule has 0 N–H and O–H groups in total. The topological polar surface area (TPSA) is 34.4 Å². The fraction of sp³-hybridized carbons (Fsp3) is 0.167. The molecule has 0 unspecified atom stereocenters. The molecule has 3 nitrogen and oxygen atoms in total. The maximum absolute atomic E-state index is 12.3. The summed E-state index contributed by atoms with van der Waals surface area (Å²) in [7, 11) is 0. The van der Waals surface area contributed by atoms with E-state index < -0.39 is 0 Å². The summed E-state index contributed by atoms with van der Waals surface area (Å²) in [6.07, 6.45) is 0. The summed E-state index contributed by atoms with van der Waals surface area (Å²) in [4.78, 5) is 18.7. The first-order valence-electron chi connectivity index (χ1n) is 5.06. The standard InChI is InChI=1S/C12H10N2OS/c1-7-8(2)16-12-13-10-6-4-3-5-9(10)11(15)14(7)12/h3-6H,1-2H3. The molecular weight excluding hydrogens is 220 g/mol. The molecule has 0 aliphatic heterocycles. The number of para-hydroxylation sites is 1. The Morgan fingerprint density at radius 3 is 2.81 bits per heavy atom. The monoisotopic (exact) mass is 230 g/mol. The van der Waals surface area contributed by atoms with Crippen molar-refractivity contribution in [2.24, 2.45) is 0 Å². The molecule has 2 heterocycles. The van der Waals surface area contributed by atoms with Gasteiger partial charge in [-0.25, -0.2) is 4.98 Å². The van der Waals surface area contributed by atoms with Gasteiger partial charge in [-0.05, 0) is 26.0 Å². The zero-order valence-corrected chi connectivity index (χ0v) is 9.84. The third-order valence-corrected chi connectivity index (χ3v) is 3.89. The molecule has 1 aromatic carbocycles. The van der Waals surface area contributed by atoms with Gasteiger partial charge in [0.15, 0.2) is 4.96 Å². The van der Waals surface area contributed by atoms with Gasteiger partial charge in [-0.15, -0.1) is 11.3 Å². The van der Waals surface area contributed by atoms with E-state index in [1.807, 2.05) is 38.1 Å². The Kier molecular flexibility index (Phi) is 1.88. The van der Waals surface area contributed by atoms with Crippen molar-refractivity contribution in [2.75, 3.05) is 0 Å². The molecule has 0 bridgehead atoms. The lowest BCUT2D eigenvalue weighted by Gasteiger charge is -1.99. The number of rotatable bonds is 0. The molecule has 0 aliphatic rings. The SMILES string of the molecule is Cc1sc2nc3ccccc3c(=O)n2c1C. The Hall–Kier alpha value is -1.68. The molecule has 16 heavy (non-hydrogen) atoms. The third-order valence-electron chi connectivity index (χ3n) is 2.83. The van der Waals surface area contributed by atoms with Crippen LogP contribution in [0.25, 0.3) is 15.9 Å². The molecule has 0 saturated carbocycles. The molecule has 0 atom stereocenters. The number of aryl methyl sites for hydroxylation is 2. The third kappa shape index (κ3) is 1.13. The van der Waals surface area contributed by atoms with Crippen LogP contribution in [0.15, 0.2) is 29.1 Å². The average Bonchev–Trinajstić information content (AvgIpc) is 2.55. The molecule has 0 spiro atoms. The van der Waals surface area contributed by atoms with Crippen LogP contribution in [0.4, 0.5) is 0 Å². The predicted molar refractivity (Wildman–Crippen MR) is 66.3 cm³/mol. The summed E-state index contributed by atoms with van der Waals surface area (Å²) in [5.74, 6) is 0. The highest BCUT2D eigenvalue weighted by molar-refractivity contribution is 7.17. The van der Waals surface area contributed by atoms with E-state index in [9.17, 15) is 4.79 Å².